The predicted octanol–water partition coefficient (Wildman–Crippen LogP) is 2.35. The van der Waals surface area contributed by atoms with Gasteiger partial charge in [0, 0.05) is 35.8 Å². The van der Waals surface area contributed by atoms with Gasteiger partial charge in [-0.1, -0.05) is 0 Å². The van der Waals surface area contributed by atoms with Crippen molar-refractivity contribution in [1.82, 2.24) is 20.1 Å². The second kappa shape index (κ2) is 6.41. The predicted molar refractivity (Wildman–Crippen MR) is 91.6 cm³/mol. The number of carbonyl (C=O) groups excluding carboxylic acids is 1. The highest BCUT2D eigenvalue weighted by Crippen LogP contribution is 2.46. The van der Waals surface area contributed by atoms with E-state index in [1.807, 2.05) is 19.2 Å². The van der Waals surface area contributed by atoms with Crippen molar-refractivity contribution < 1.29 is 4.79 Å². The number of amides is 1. The lowest BCUT2D eigenvalue weighted by Gasteiger charge is -2.20. The second-order valence-corrected chi connectivity index (χ2v) is 7.41. The van der Waals surface area contributed by atoms with E-state index in [9.17, 15) is 4.79 Å². The number of aryl methyl sites for hydroxylation is 2. The molecule has 1 saturated carbocycles. The zero-order valence-corrected chi connectivity index (χ0v) is 14.6. The van der Waals surface area contributed by atoms with Gasteiger partial charge in [0.05, 0.1) is 11.7 Å². The molecule has 2 N–H and O–H groups in total. The summed E-state index contributed by atoms with van der Waals surface area (Å²) in [6.07, 6.45) is 4.05. The van der Waals surface area contributed by atoms with Crippen LogP contribution in [0.1, 0.15) is 31.2 Å². The van der Waals surface area contributed by atoms with Crippen molar-refractivity contribution in [1.29, 1.82) is 0 Å². The fraction of sp³-hybridized carbons (Fsp3) is 0.562. The summed E-state index contributed by atoms with van der Waals surface area (Å²) < 4.78 is 2.09. The van der Waals surface area contributed by atoms with Gasteiger partial charge in [-0.25, -0.2) is 4.98 Å². The lowest BCUT2D eigenvalue weighted by atomic mass is 10.1. The molecule has 7 heteroatoms. The van der Waals surface area contributed by atoms with E-state index in [0.717, 1.165) is 18.8 Å². The minimum atomic E-state index is -0.239. The van der Waals surface area contributed by atoms with Gasteiger partial charge in [0.25, 0.3) is 0 Å². The van der Waals surface area contributed by atoms with E-state index >= 15 is 0 Å². The summed E-state index contributed by atoms with van der Waals surface area (Å²) in [5.41, 5.74) is 2.49. The molecule has 2 aromatic rings. The van der Waals surface area contributed by atoms with Crippen molar-refractivity contribution in [2.75, 3.05) is 11.9 Å². The van der Waals surface area contributed by atoms with E-state index in [1.165, 1.54) is 29.9 Å². The van der Waals surface area contributed by atoms with Crippen LogP contribution in [0.4, 0.5) is 5.13 Å². The van der Waals surface area contributed by atoms with Crippen LogP contribution in [0.25, 0.3) is 0 Å². The molecule has 1 aliphatic rings. The number of hydrogen-bond acceptors (Lipinski definition) is 5. The first-order valence-corrected chi connectivity index (χ1v) is 8.80. The minimum Gasteiger partial charge on any atom is -0.305 e. The van der Waals surface area contributed by atoms with E-state index in [-0.39, 0.29) is 17.4 Å². The molecule has 0 radical (unpaired) electrons. The van der Waals surface area contributed by atoms with Gasteiger partial charge < -0.3 is 10.6 Å². The standard InChI is InChI=1S/C16H23N5OS/c1-11-8-12(2)21(20-11)10-16(4-5-16)9-18-13(3)14(22)19-15-17-6-7-23-15/h6-8,13,18H,4-5,9-10H2,1-3H3,(H,17,19,22). The largest absolute Gasteiger partial charge is 0.305 e. The van der Waals surface area contributed by atoms with Crippen molar-refractivity contribution in [3.8, 4) is 0 Å². The molecule has 1 unspecified atom stereocenters. The molecule has 6 nitrogen and oxygen atoms in total. The molecule has 23 heavy (non-hydrogen) atoms. The number of nitrogens with zero attached hydrogens (tertiary/aromatic N) is 3. The highest BCUT2D eigenvalue weighted by Gasteiger charge is 2.43. The number of nitrogens with one attached hydrogen (secondary N) is 2. The SMILES string of the molecule is Cc1cc(C)n(CC2(CNC(C)C(=O)Nc3nccs3)CC2)n1. The van der Waals surface area contributed by atoms with Crippen molar-refractivity contribution in [2.24, 2.45) is 5.41 Å². The zero-order valence-electron chi connectivity index (χ0n) is 13.8. The number of anilines is 1. The number of hydrogen-bond donors (Lipinski definition) is 2. The zero-order chi connectivity index (χ0) is 16.4. The molecular weight excluding hydrogens is 310 g/mol. The van der Waals surface area contributed by atoms with Crippen LogP contribution in [0.3, 0.4) is 0 Å². The normalized spacial score (nSPS) is 17.0. The van der Waals surface area contributed by atoms with E-state index in [2.05, 4.69) is 38.4 Å². The summed E-state index contributed by atoms with van der Waals surface area (Å²) >= 11 is 1.43. The molecule has 0 aliphatic heterocycles. The van der Waals surface area contributed by atoms with E-state index in [1.54, 1.807) is 6.20 Å². The monoisotopic (exact) mass is 333 g/mol. The third-order valence-corrected chi connectivity index (χ3v) is 5.07. The summed E-state index contributed by atoms with van der Waals surface area (Å²) in [7, 11) is 0. The Kier molecular flexibility index (Phi) is 4.50. The van der Waals surface area contributed by atoms with Crippen LogP contribution in [0.15, 0.2) is 17.6 Å². The fourth-order valence-electron chi connectivity index (χ4n) is 2.68. The fourth-order valence-corrected chi connectivity index (χ4v) is 3.21. The Morgan fingerprint density at radius 3 is 2.83 bits per heavy atom. The molecule has 124 valence electrons. The molecule has 1 amide bonds. The van der Waals surface area contributed by atoms with E-state index in [4.69, 9.17) is 0 Å². The lowest BCUT2D eigenvalue weighted by molar-refractivity contribution is -0.117. The Balaban J connectivity index is 1.51. The van der Waals surface area contributed by atoms with Crippen LogP contribution in [-0.4, -0.2) is 33.3 Å². The van der Waals surface area contributed by atoms with E-state index < -0.39 is 0 Å². The van der Waals surface area contributed by atoms with Gasteiger partial charge in [-0.15, -0.1) is 11.3 Å². The lowest BCUT2D eigenvalue weighted by Crippen LogP contribution is -2.41. The van der Waals surface area contributed by atoms with Gasteiger partial charge in [-0.05, 0) is 39.7 Å². The maximum Gasteiger partial charge on any atom is 0.243 e. The summed E-state index contributed by atoms with van der Waals surface area (Å²) in [6.45, 7) is 7.75. The molecule has 0 bridgehead atoms. The first kappa shape index (κ1) is 16.1. The first-order chi connectivity index (χ1) is 11.0. The molecule has 0 aromatic carbocycles. The number of aromatic nitrogens is 3. The molecule has 2 aromatic heterocycles. The number of carbonyl (C=O) groups is 1. The first-order valence-electron chi connectivity index (χ1n) is 7.92. The van der Waals surface area contributed by atoms with Crippen LogP contribution in [0.2, 0.25) is 0 Å². The molecule has 1 fully saturated rings. The summed E-state index contributed by atoms with van der Waals surface area (Å²) in [4.78, 5) is 16.2. The van der Waals surface area contributed by atoms with E-state index in [0.29, 0.717) is 5.13 Å². The Bertz CT molecular complexity index is 675. The quantitative estimate of drug-likeness (QED) is 0.816. The maximum absolute atomic E-state index is 12.1. The Hall–Kier alpha value is -1.73. The van der Waals surface area contributed by atoms with Gasteiger partial charge in [-0.3, -0.25) is 9.48 Å². The topological polar surface area (TPSA) is 71.8 Å². The summed E-state index contributed by atoms with van der Waals surface area (Å²) in [6, 6.07) is 1.87. The number of thiazole rings is 1. The Morgan fingerprint density at radius 2 is 2.26 bits per heavy atom. The van der Waals surface area contributed by atoms with Crippen molar-refractivity contribution in [3.63, 3.8) is 0 Å². The average molecular weight is 333 g/mol. The molecule has 3 rings (SSSR count). The molecule has 1 aliphatic carbocycles. The average Bonchev–Trinajstić information content (AvgIpc) is 2.92. The van der Waals surface area contributed by atoms with Crippen molar-refractivity contribution in [2.45, 2.75) is 46.2 Å². The van der Waals surface area contributed by atoms with Crippen molar-refractivity contribution in [3.05, 3.63) is 29.0 Å². The highest BCUT2D eigenvalue weighted by molar-refractivity contribution is 7.13. The van der Waals surface area contributed by atoms with Crippen LogP contribution in [0, 0.1) is 19.3 Å². The van der Waals surface area contributed by atoms with Gasteiger partial charge in [0.2, 0.25) is 5.91 Å². The van der Waals surface area contributed by atoms with Gasteiger partial charge in [0.1, 0.15) is 0 Å². The molecule has 1 atom stereocenters. The van der Waals surface area contributed by atoms with Crippen LogP contribution < -0.4 is 10.6 Å². The van der Waals surface area contributed by atoms with Gasteiger partial charge >= 0.3 is 0 Å². The van der Waals surface area contributed by atoms with Crippen molar-refractivity contribution >= 4 is 22.4 Å². The van der Waals surface area contributed by atoms with Crippen LogP contribution >= 0.6 is 11.3 Å². The molecule has 0 saturated heterocycles. The summed E-state index contributed by atoms with van der Waals surface area (Å²) in [5.74, 6) is -0.0399. The maximum atomic E-state index is 12.1. The molecule has 0 spiro atoms. The highest BCUT2D eigenvalue weighted by atomic mass is 32.1. The molecule has 2 heterocycles. The van der Waals surface area contributed by atoms with Crippen LogP contribution in [-0.2, 0) is 11.3 Å². The smallest absolute Gasteiger partial charge is 0.243 e. The molecular formula is C16H23N5OS. The minimum absolute atomic E-state index is 0.0399. The third-order valence-electron chi connectivity index (χ3n) is 4.38. The van der Waals surface area contributed by atoms with Gasteiger partial charge in [-0.2, -0.15) is 5.10 Å². The summed E-state index contributed by atoms with van der Waals surface area (Å²) in [5, 5.41) is 13.2. The van der Waals surface area contributed by atoms with Gasteiger partial charge in [0.15, 0.2) is 5.13 Å². The van der Waals surface area contributed by atoms with Crippen LogP contribution in [0.5, 0.6) is 0 Å². The Labute approximate surface area is 140 Å². The number of rotatable bonds is 7. The third kappa shape index (κ3) is 3.97. The Morgan fingerprint density at radius 1 is 1.48 bits per heavy atom. The second-order valence-electron chi connectivity index (χ2n) is 6.51.